The highest BCUT2D eigenvalue weighted by atomic mass is 16.7. The Morgan fingerprint density at radius 1 is 1.06 bits per heavy atom. The zero-order valence-electron chi connectivity index (χ0n) is 19.7. The lowest BCUT2D eigenvalue weighted by Gasteiger charge is -2.57. The van der Waals surface area contributed by atoms with Crippen molar-refractivity contribution in [2.45, 2.75) is 97.1 Å². The highest BCUT2D eigenvalue weighted by Gasteiger charge is 2.69. The lowest BCUT2D eigenvalue weighted by atomic mass is 9.46. The molecule has 11 atom stereocenters. The molecule has 5 fully saturated rings. The maximum absolute atomic E-state index is 13.5. The van der Waals surface area contributed by atoms with Crippen molar-refractivity contribution in [1.29, 1.82) is 0 Å². The van der Waals surface area contributed by atoms with Crippen molar-refractivity contribution >= 4 is 5.78 Å². The monoisotopic (exact) mass is 428 g/mol. The van der Waals surface area contributed by atoms with Gasteiger partial charge in [0.25, 0.3) is 0 Å². The van der Waals surface area contributed by atoms with Gasteiger partial charge in [-0.2, -0.15) is 0 Å². The van der Waals surface area contributed by atoms with Gasteiger partial charge in [0, 0.05) is 18.3 Å². The number of ether oxygens (including phenoxy) is 2. The summed E-state index contributed by atoms with van der Waals surface area (Å²) in [5.41, 5.74) is 1.48. The average molecular weight is 429 g/mol. The van der Waals surface area contributed by atoms with Gasteiger partial charge in [0.15, 0.2) is 11.6 Å². The van der Waals surface area contributed by atoms with Gasteiger partial charge in [0.2, 0.25) is 0 Å². The Balaban J connectivity index is 1.32. The van der Waals surface area contributed by atoms with Crippen LogP contribution in [0.15, 0.2) is 11.6 Å². The zero-order chi connectivity index (χ0) is 21.8. The molecule has 1 spiro atoms. The molecule has 2 heterocycles. The Bertz CT molecular complexity index is 810. The quantitative estimate of drug-likeness (QED) is 0.597. The first-order valence-corrected chi connectivity index (χ1v) is 12.9. The van der Waals surface area contributed by atoms with Crippen molar-refractivity contribution in [1.82, 2.24) is 0 Å². The summed E-state index contributed by atoms with van der Waals surface area (Å²) in [6, 6.07) is 0. The molecule has 0 bridgehead atoms. The first kappa shape index (κ1) is 20.9. The third kappa shape index (κ3) is 2.68. The van der Waals surface area contributed by atoms with Gasteiger partial charge in [-0.25, -0.2) is 0 Å². The number of fused-ring (bicyclic) bond motifs is 7. The normalized spacial score (nSPS) is 58.4. The Kier molecular flexibility index (Phi) is 4.49. The van der Waals surface area contributed by atoms with Crippen LogP contribution in [0.25, 0.3) is 0 Å². The number of carbonyl (C=O) groups excluding carboxylic acids is 1. The first-order valence-electron chi connectivity index (χ1n) is 12.9. The SMILES string of the molecule is CC1CCC2(OC1)O[C@H]1C[C@H]3[C@@H]4C(=O)C=C5C[C@@H](O)CC[C@]5(C)[C@H]4CC[C@]3(C)[C@H]1[C@@H]2C. The van der Waals surface area contributed by atoms with Gasteiger partial charge >= 0.3 is 0 Å². The van der Waals surface area contributed by atoms with Crippen LogP contribution < -0.4 is 0 Å². The van der Waals surface area contributed by atoms with Gasteiger partial charge in [-0.05, 0) is 85.5 Å². The number of allylic oxidation sites excluding steroid dienone is 1. The predicted octanol–water partition coefficient (Wildman–Crippen LogP) is 4.89. The van der Waals surface area contributed by atoms with Crippen LogP contribution in [0.1, 0.15) is 79.1 Å². The second kappa shape index (κ2) is 6.67. The van der Waals surface area contributed by atoms with E-state index in [0.29, 0.717) is 41.8 Å². The molecule has 6 aliphatic rings. The number of aliphatic hydroxyl groups excluding tert-OH is 1. The molecular weight excluding hydrogens is 388 g/mol. The summed E-state index contributed by atoms with van der Waals surface area (Å²) in [6.07, 6.45) is 10.0. The topological polar surface area (TPSA) is 55.8 Å². The fourth-order valence-electron chi connectivity index (χ4n) is 9.41. The van der Waals surface area contributed by atoms with Crippen molar-refractivity contribution in [3.63, 3.8) is 0 Å². The molecule has 31 heavy (non-hydrogen) atoms. The molecule has 4 heteroatoms. The smallest absolute Gasteiger partial charge is 0.171 e. The molecular formula is C27H40O4. The van der Waals surface area contributed by atoms with Gasteiger partial charge < -0.3 is 14.6 Å². The van der Waals surface area contributed by atoms with Crippen LogP contribution in [0.5, 0.6) is 0 Å². The summed E-state index contributed by atoms with van der Waals surface area (Å²) in [5, 5.41) is 10.2. The number of hydrogen-bond donors (Lipinski definition) is 1. The predicted molar refractivity (Wildman–Crippen MR) is 118 cm³/mol. The molecule has 1 N–H and O–H groups in total. The molecule has 2 unspecified atom stereocenters. The Labute approximate surface area is 187 Å². The number of ketones is 1. The fourth-order valence-corrected chi connectivity index (χ4v) is 9.41. The third-order valence-electron chi connectivity index (χ3n) is 11.2. The summed E-state index contributed by atoms with van der Waals surface area (Å²) in [7, 11) is 0. The highest BCUT2D eigenvalue weighted by molar-refractivity contribution is 5.94. The van der Waals surface area contributed by atoms with E-state index in [0.717, 1.165) is 38.7 Å². The van der Waals surface area contributed by atoms with Crippen LogP contribution in [-0.4, -0.2) is 35.5 Å². The van der Waals surface area contributed by atoms with E-state index in [9.17, 15) is 9.90 Å². The van der Waals surface area contributed by atoms with E-state index in [-0.39, 0.29) is 34.7 Å². The van der Waals surface area contributed by atoms with Crippen LogP contribution in [0.3, 0.4) is 0 Å². The van der Waals surface area contributed by atoms with E-state index < -0.39 is 0 Å². The van der Waals surface area contributed by atoms with E-state index in [4.69, 9.17) is 9.47 Å². The van der Waals surface area contributed by atoms with Crippen molar-refractivity contribution in [3.8, 4) is 0 Å². The van der Waals surface area contributed by atoms with Crippen LogP contribution in [0.2, 0.25) is 0 Å². The lowest BCUT2D eigenvalue weighted by molar-refractivity contribution is -0.272. The van der Waals surface area contributed by atoms with E-state index in [2.05, 4.69) is 27.7 Å². The Morgan fingerprint density at radius 2 is 1.87 bits per heavy atom. The van der Waals surface area contributed by atoms with E-state index in [1.54, 1.807) is 0 Å². The van der Waals surface area contributed by atoms with Gasteiger partial charge in [-0.15, -0.1) is 0 Å². The van der Waals surface area contributed by atoms with Gasteiger partial charge in [-0.1, -0.05) is 33.3 Å². The summed E-state index contributed by atoms with van der Waals surface area (Å²) in [4.78, 5) is 13.5. The third-order valence-corrected chi connectivity index (χ3v) is 11.2. The minimum atomic E-state index is -0.387. The number of carbonyl (C=O) groups is 1. The largest absolute Gasteiger partial charge is 0.393 e. The van der Waals surface area contributed by atoms with Gasteiger partial charge in [0.1, 0.15) is 0 Å². The van der Waals surface area contributed by atoms with Gasteiger partial charge in [0.05, 0.1) is 18.8 Å². The van der Waals surface area contributed by atoms with Crippen LogP contribution >= 0.6 is 0 Å². The first-order chi connectivity index (χ1) is 14.7. The summed E-state index contributed by atoms with van der Waals surface area (Å²) < 4.78 is 13.2. The fraction of sp³-hybridized carbons (Fsp3) is 0.889. The van der Waals surface area contributed by atoms with Gasteiger partial charge in [-0.3, -0.25) is 4.79 Å². The molecule has 2 aliphatic heterocycles. The molecule has 2 saturated heterocycles. The van der Waals surface area contributed by atoms with E-state index in [1.165, 1.54) is 18.4 Å². The maximum Gasteiger partial charge on any atom is 0.171 e. The van der Waals surface area contributed by atoms with Crippen molar-refractivity contribution < 1.29 is 19.4 Å². The minimum absolute atomic E-state index is 0.0904. The second-order valence-corrected chi connectivity index (χ2v) is 12.6. The highest BCUT2D eigenvalue weighted by Crippen LogP contribution is 2.70. The Morgan fingerprint density at radius 3 is 2.61 bits per heavy atom. The molecule has 4 nitrogen and oxygen atoms in total. The molecule has 3 saturated carbocycles. The van der Waals surface area contributed by atoms with Crippen LogP contribution in [-0.2, 0) is 14.3 Å². The molecule has 172 valence electrons. The minimum Gasteiger partial charge on any atom is -0.393 e. The van der Waals surface area contributed by atoms with Crippen LogP contribution in [0.4, 0.5) is 0 Å². The molecule has 6 rings (SSSR count). The standard InChI is InChI=1S/C27H40O4/c1-15-5-10-27(30-14-15)16(2)24-22(31-27)13-20-23-19(7-9-26(20,24)4)25(3)8-6-18(28)11-17(25)12-21(23)29/h12,15-16,18-20,22-24,28H,5-11,13-14H2,1-4H3/t15?,16-,18-,19-,20-,22-,23+,24-,25-,26-,27?/m0/s1. The summed E-state index contributed by atoms with van der Waals surface area (Å²) >= 11 is 0. The number of aliphatic hydroxyl groups is 1. The molecule has 4 aliphatic carbocycles. The van der Waals surface area contributed by atoms with Crippen LogP contribution in [0, 0.1) is 46.3 Å². The molecule has 0 aromatic carbocycles. The average Bonchev–Trinajstić information content (AvgIpc) is 3.16. The maximum atomic E-state index is 13.5. The van der Waals surface area contributed by atoms with E-state index in [1.807, 2.05) is 6.08 Å². The Hall–Kier alpha value is -0.710. The molecule has 0 aromatic rings. The second-order valence-electron chi connectivity index (χ2n) is 12.6. The van der Waals surface area contributed by atoms with E-state index >= 15 is 0 Å². The number of rotatable bonds is 0. The summed E-state index contributed by atoms with van der Waals surface area (Å²) in [5.74, 6) is 2.43. The number of hydrogen-bond acceptors (Lipinski definition) is 4. The lowest BCUT2D eigenvalue weighted by Crippen LogP contribution is -2.54. The molecule has 0 aromatic heterocycles. The molecule has 0 amide bonds. The zero-order valence-corrected chi connectivity index (χ0v) is 19.7. The van der Waals surface area contributed by atoms with Crippen molar-refractivity contribution in [3.05, 3.63) is 11.6 Å². The molecule has 0 radical (unpaired) electrons. The summed E-state index contributed by atoms with van der Waals surface area (Å²) in [6.45, 7) is 10.3. The van der Waals surface area contributed by atoms with Crippen molar-refractivity contribution in [2.24, 2.45) is 46.3 Å². The van der Waals surface area contributed by atoms with Crippen molar-refractivity contribution in [2.75, 3.05) is 6.61 Å².